The molecule has 1 heterocycles. The van der Waals surface area contributed by atoms with Crippen LogP contribution in [0.1, 0.15) is 34.2 Å². The summed E-state index contributed by atoms with van der Waals surface area (Å²) < 4.78 is 14.2. The molecule has 0 aliphatic carbocycles. The number of hydrogen-bond donors (Lipinski definition) is 0. The van der Waals surface area contributed by atoms with E-state index in [4.69, 9.17) is 0 Å². The summed E-state index contributed by atoms with van der Waals surface area (Å²) >= 11 is 1.57. The van der Waals surface area contributed by atoms with E-state index >= 15 is 0 Å². The van der Waals surface area contributed by atoms with Crippen molar-refractivity contribution >= 4 is 48.2 Å². The van der Waals surface area contributed by atoms with Gasteiger partial charge in [-0.3, -0.25) is 0 Å². The van der Waals surface area contributed by atoms with Crippen molar-refractivity contribution in [2.45, 2.75) is 34.1 Å². The van der Waals surface area contributed by atoms with Crippen molar-refractivity contribution in [2.75, 3.05) is 13.6 Å². The van der Waals surface area contributed by atoms with Crippen molar-refractivity contribution in [3.8, 4) is 11.3 Å². The highest BCUT2D eigenvalue weighted by atomic mass is 35.5. The average molecular weight is 468 g/mol. The summed E-state index contributed by atoms with van der Waals surface area (Å²) in [6.45, 7) is 9.09. The first-order valence-corrected chi connectivity index (χ1v) is 10.3. The van der Waals surface area contributed by atoms with Gasteiger partial charge < -0.3 is 4.90 Å². The average Bonchev–Trinajstić information content (AvgIpc) is 3.11. The number of aryl methyl sites for hydroxylation is 3. The molecule has 0 unspecified atom stereocenters. The number of thiazole rings is 1. The van der Waals surface area contributed by atoms with Crippen LogP contribution in [0.2, 0.25) is 0 Å². The zero-order valence-electron chi connectivity index (χ0n) is 17.9. The minimum absolute atomic E-state index is 0. The van der Waals surface area contributed by atoms with E-state index in [0.717, 1.165) is 34.8 Å². The quantitative estimate of drug-likeness (QED) is 0.290. The molecule has 0 radical (unpaired) electrons. The number of hydrogen-bond acceptors (Lipinski definition) is 3. The van der Waals surface area contributed by atoms with Gasteiger partial charge in [0, 0.05) is 31.0 Å². The molecule has 0 bridgehead atoms. The number of aromatic nitrogens is 1. The Kier molecular flexibility index (Phi) is 9.95. The molecule has 2 aromatic carbocycles. The fourth-order valence-corrected chi connectivity index (χ4v) is 3.76. The zero-order valence-corrected chi connectivity index (χ0v) is 20.3. The summed E-state index contributed by atoms with van der Waals surface area (Å²) in [5, 5.41) is 2.92. The van der Waals surface area contributed by atoms with E-state index in [2.05, 4.69) is 42.9 Å². The van der Waals surface area contributed by atoms with Gasteiger partial charge in [0.15, 0.2) is 0 Å². The smallest absolute Gasteiger partial charge is 0.132 e. The molecule has 3 rings (SSSR count). The summed E-state index contributed by atoms with van der Waals surface area (Å²) in [6.07, 6.45) is 2.61. The van der Waals surface area contributed by atoms with Crippen LogP contribution >= 0.6 is 36.2 Å². The number of benzene rings is 2. The molecule has 0 fully saturated rings. The van der Waals surface area contributed by atoms with Gasteiger partial charge in [-0.15, -0.1) is 36.2 Å². The largest absolute Gasteiger partial charge is 0.366 e. The van der Waals surface area contributed by atoms with Gasteiger partial charge in [0.1, 0.15) is 5.82 Å². The van der Waals surface area contributed by atoms with E-state index in [9.17, 15) is 4.39 Å². The number of nitrogens with zero attached hydrogens (tertiary/aromatic N) is 3. The molecule has 0 spiro atoms. The number of rotatable bonds is 6. The van der Waals surface area contributed by atoms with E-state index < -0.39 is 0 Å². The maximum Gasteiger partial charge on any atom is 0.132 e. The third-order valence-electron chi connectivity index (χ3n) is 4.84. The van der Waals surface area contributed by atoms with Crippen LogP contribution in [0.3, 0.4) is 0 Å². The molecular weight excluding hydrogens is 440 g/mol. The van der Waals surface area contributed by atoms with Gasteiger partial charge in [-0.25, -0.2) is 14.4 Å². The third kappa shape index (κ3) is 6.27. The zero-order chi connectivity index (χ0) is 20.3. The molecule has 3 nitrogen and oxygen atoms in total. The lowest BCUT2D eigenvalue weighted by Crippen LogP contribution is -2.14. The summed E-state index contributed by atoms with van der Waals surface area (Å²) in [5.41, 5.74) is 6.73. The van der Waals surface area contributed by atoms with Gasteiger partial charge >= 0.3 is 0 Å². The topological polar surface area (TPSA) is 28.5 Å². The third-order valence-corrected chi connectivity index (χ3v) is 5.69. The molecule has 0 aliphatic heterocycles. The Morgan fingerprint density at radius 3 is 2.50 bits per heavy atom. The van der Waals surface area contributed by atoms with Crippen molar-refractivity contribution in [3.05, 3.63) is 68.8 Å². The molecule has 3 aromatic rings. The Morgan fingerprint density at radius 1 is 1.10 bits per heavy atom. The summed E-state index contributed by atoms with van der Waals surface area (Å²) in [4.78, 5) is 11.3. The van der Waals surface area contributed by atoms with Crippen LogP contribution < -0.4 is 0 Å². The predicted molar refractivity (Wildman–Crippen MR) is 132 cm³/mol. The van der Waals surface area contributed by atoms with Crippen molar-refractivity contribution < 1.29 is 4.39 Å². The van der Waals surface area contributed by atoms with Crippen LogP contribution in [0, 0.1) is 26.6 Å². The first-order valence-electron chi connectivity index (χ1n) is 9.43. The predicted octanol–water partition coefficient (Wildman–Crippen LogP) is 6.92. The van der Waals surface area contributed by atoms with Crippen LogP contribution in [0.5, 0.6) is 0 Å². The molecule has 0 saturated carbocycles. The van der Waals surface area contributed by atoms with Gasteiger partial charge in [-0.05, 0) is 68.1 Å². The molecule has 0 aliphatic rings. The maximum absolute atomic E-state index is 14.2. The fraction of sp³-hybridized carbons (Fsp3) is 0.304. The summed E-state index contributed by atoms with van der Waals surface area (Å²) in [5.74, 6) is -0.219. The Balaban J connectivity index is 0.00000225. The monoisotopic (exact) mass is 467 g/mol. The van der Waals surface area contributed by atoms with Gasteiger partial charge in [0.05, 0.1) is 22.7 Å². The van der Waals surface area contributed by atoms with Gasteiger partial charge in [0.25, 0.3) is 0 Å². The first-order chi connectivity index (χ1) is 13.4. The second-order valence-corrected chi connectivity index (χ2v) is 8.11. The van der Waals surface area contributed by atoms with Crippen molar-refractivity contribution in [3.63, 3.8) is 0 Å². The number of halogens is 3. The Labute approximate surface area is 194 Å². The van der Waals surface area contributed by atoms with Crippen molar-refractivity contribution in [1.82, 2.24) is 9.88 Å². The SMILES string of the molecule is CCN(C)/C=N/c1cc(C)c(Cc2nc(-c3ccc(C)cc3F)cs2)cc1C.Cl.Cl. The molecule has 7 heteroatoms. The highest BCUT2D eigenvalue weighted by Crippen LogP contribution is 2.29. The van der Waals surface area contributed by atoms with E-state index in [1.165, 1.54) is 11.1 Å². The number of aliphatic imine (C=N–C) groups is 1. The van der Waals surface area contributed by atoms with E-state index in [1.54, 1.807) is 23.5 Å². The van der Waals surface area contributed by atoms with Crippen molar-refractivity contribution in [2.24, 2.45) is 4.99 Å². The maximum atomic E-state index is 14.2. The normalized spacial score (nSPS) is 10.6. The standard InChI is InChI=1S/C23H26FN3S.2ClH/c1-6-27(5)14-25-21-11-16(3)18(10-17(21)4)12-23-26-22(13-28-23)19-8-7-15(2)9-20(19)24;;/h7-11,13-14H,6,12H2,1-5H3;2*1H/b25-14+;;. The van der Waals surface area contributed by atoms with E-state index in [0.29, 0.717) is 11.3 Å². The lowest BCUT2D eigenvalue weighted by atomic mass is 10.0. The highest BCUT2D eigenvalue weighted by Gasteiger charge is 2.12. The van der Waals surface area contributed by atoms with Gasteiger partial charge in [0.2, 0.25) is 0 Å². The molecule has 0 amide bonds. The molecule has 30 heavy (non-hydrogen) atoms. The van der Waals surface area contributed by atoms with Gasteiger partial charge in [-0.2, -0.15) is 0 Å². The Morgan fingerprint density at radius 2 is 1.83 bits per heavy atom. The van der Waals surface area contributed by atoms with Crippen molar-refractivity contribution in [1.29, 1.82) is 0 Å². The molecule has 162 valence electrons. The second kappa shape index (κ2) is 11.4. The summed E-state index contributed by atoms with van der Waals surface area (Å²) in [6, 6.07) is 9.58. The highest BCUT2D eigenvalue weighted by molar-refractivity contribution is 7.10. The molecule has 0 atom stereocenters. The summed E-state index contributed by atoms with van der Waals surface area (Å²) in [7, 11) is 2.01. The van der Waals surface area contributed by atoms with Crippen LogP contribution in [0.4, 0.5) is 10.1 Å². The van der Waals surface area contributed by atoms with E-state index in [-0.39, 0.29) is 30.6 Å². The van der Waals surface area contributed by atoms with Crippen LogP contribution in [-0.2, 0) is 6.42 Å². The Bertz CT molecular complexity index is 1020. The molecule has 0 N–H and O–H groups in total. The lowest BCUT2D eigenvalue weighted by molar-refractivity contribution is 0.552. The van der Waals surface area contributed by atoms with E-state index in [1.807, 2.05) is 36.7 Å². The minimum Gasteiger partial charge on any atom is -0.366 e. The van der Waals surface area contributed by atoms with Gasteiger partial charge in [-0.1, -0.05) is 12.1 Å². The fourth-order valence-electron chi connectivity index (χ4n) is 2.94. The molecule has 1 aromatic heterocycles. The van der Waals surface area contributed by atoms with Crippen LogP contribution in [0.15, 0.2) is 40.7 Å². The molecule has 0 saturated heterocycles. The first kappa shape index (κ1) is 26.1. The van der Waals surface area contributed by atoms with Crippen LogP contribution in [0.25, 0.3) is 11.3 Å². The van der Waals surface area contributed by atoms with Crippen LogP contribution in [-0.4, -0.2) is 29.8 Å². The Hall–Kier alpha value is -1.95. The minimum atomic E-state index is -0.219. The molecular formula is C23H28Cl2FN3S. The second-order valence-electron chi connectivity index (χ2n) is 7.17. The lowest BCUT2D eigenvalue weighted by Gasteiger charge is -2.11.